The van der Waals surface area contributed by atoms with Gasteiger partial charge in [-0.25, -0.2) is 30.3 Å². The third kappa shape index (κ3) is 4.26. The molecular weight excluding hydrogens is 520 g/mol. The number of halogens is 3. The molecule has 0 amide bonds. The molecule has 0 spiro atoms. The van der Waals surface area contributed by atoms with Crippen LogP contribution in [0.3, 0.4) is 0 Å². The van der Waals surface area contributed by atoms with Crippen molar-refractivity contribution in [2.45, 2.75) is 54.2 Å². The van der Waals surface area contributed by atoms with E-state index in [0.717, 1.165) is 31.4 Å². The van der Waals surface area contributed by atoms with Gasteiger partial charge in [0.1, 0.15) is 10.6 Å². The van der Waals surface area contributed by atoms with E-state index in [1.54, 1.807) is 0 Å². The van der Waals surface area contributed by atoms with E-state index < -0.39 is 47.9 Å². The van der Waals surface area contributed by atoms with Crippen molar-refractivity contribution in [2.75, 3.05) is 12.4 Å². The van der Waals surface area contributed by atoms with Gasteiger partial charge in [-0.1, -0.05) is 18.0 Å². The molecule has 11 heteroatoms. The van der Waals surface area contributed by atoms with Crippen LogP contribution in [0.4, 0.5) is 8.78 Å². The largest absolute Gasteiger partial charge is 0.490 e. The summed E-state index contributed by atoms with van der Waals surface area (Å²) in [7, 11) is -7.80. The van der Waals surface area contributed by atoms with Gasteiger partial charge in [-0.2, -0.15) is 0 Å². The zero-order valence-electron chi connectivity index (χ0n) is 18.8. The SMILES string of the molecule is O=S(=O)(C[C@@H]1CC[C@@]2(S(=O)(=O)c3ccc(Cl)cc3)c3c(F)ccc(F)c3OC[C@H]2C1)NC1CCC1. The van der Waals surface area contributed by atoms with Gasteiger partial charge in [-0.3, -0.25) is 0 Å². The lowest BCUT2D eigenvalue weighted by Crippen LogP contribution is -2.53. The summed E-state index contributed by atoms with van der Waals surface area (Å²) in [6.45, 7) is -0.160. The van der Waals surface area contributed by atoms with Crippen molar-refractivity contribution in [1.82, 2.24) is 4.72 Å². The second kappa shape index (κ2) is 8.97. The Bertz CT molecular complexity index is 1350. The Balaban J connectivity index is 1.55. The first-order valence-electron chi connectivity index (χ1n) is 11.6. The fourth-order valence-corrected chi connectivity index (χ4v) is 9.97. The van der Waals surface area contributed by atoms with Gasteiger partial charge in [0.2, 0.25) is 10.0 Å². The van der Waals surface area contributed by atoms with Crippen LogP contribution in [0, 0.1) is 23.5 Å². The fraction of sp³-hybridized carbons (Fsp3) is 0.500. The van der Waals surface area contributed by atoms with Crippen molar-refractivity contribution < 1.29 is 30.4 Å². The normalized spacial score (nSPS) is 26.8. The van der Waals surface area contributed by atoms with Crippen LogP contribution in [0.2, 0.25) is 5.02 Å². The molecule has 2 aliphatic carbocycles. The molecule has 0 aromatic heterocycles. The molecule has 6 nitrogen and oxygen atoms in total. The number of ether oxygens (including phenoxy) is 1. The Labute approximate surface area is 209 Å². The van der Waals surface area contributed by atoms with Crippen LogP contribution in [0.5, 0.6) is 5.75 Å². The van der Waals surface area contributed by atoms with Crippen molar-refractivity contribution in [3.63, 3.8) is 0 Å². The van der Waals surface area contributed by atoms with Gasteiger partial charge in [0, 0.05) is 17.0 Å². The van der Waals surface area contributed by atoms with E-state index in [-0.39, 0.29) is 54.0 Å². The zero-order valence-corrected chi connectivity index (χ0v) is 21.2. The van der Waals surface area contributed by atoms with Gasteiger partial charge in [0.25, 0.3) is 0 Å². The fourth-order valence-electron chi connectivity index (χ4n) is 5.72. The molecule has 1 aliphatic heterocycles. The molecule has 2 fully saturated rings. The minimum atomic E-state index is -4.24. The number of sulfone groups is 1. The maximum absolute atomic E-state index is 15.3. The molecular formula is C24H26ClF2NO5S2. The Morgan fingerprint density at radius 2 is 1.69 bits per heavy atom. The predicted molar refractivity (Wildman–Crippen MR) is 128 cm³/mol. The van der Waals surface area contributed by atoms with Crippen molar-refractivity contribution in [3.8, 4) is 5.75 Å². The van der Waals surface area contributed by atoms with Crippen molar-refractivity contribution in [2.24, 2.45) is 11.8 Å². The van der Waals surface area contributed by atoms with Crippen LogP contribution >= 0.6 is 11.6 Å². The lowest BCUT2D eigenvalue weighted by Gasteiger charge is -2.49. The highest BCUT2D eigenvalue weighted by molar-refractivity contribution is 7.92. The topological polar surface area (TPSA) is 89.5 Å². The molecule has 3 atom stereocenters. The molecule has 1 N–H and O–H groups in total. The third-order valence-corrected chi connectivity index (χ3v) is 12.1. The van der Waals surface area contributed by atoms with Crippen LogP contribution in [0.15, 0.2) is 41.3 Å². The summed E-state index contributed by atoms with van der Waals surface area (Å²) in [4.78, 5) is -0.0545. The van der Waals surface area contributed by atoms with Gasteiger partial charge in [0.15, 0.2) is 21.4 Å². The number of sulfonamides is 1. The Hall–Kier alpha value is -1.75. The zero-order chi connectivity index (χ0) is 25.0. The number of fused-ring (bicyclic) bond motifs is 3. The van der Waals surface area contributed by atoms with Gasteiger partial charge in [-0.15, -0.1) is 0 Å². The molecule has 2 aromatic rings. The summed E-state index contributed by atoms with van der Waals surface area (Å²) < 4.78 is 90.2. The monoisotopic (exact) mass is 545 g/mol. The molecule has 5 rings (SSSR count). The van der Waals surface area contributed by atoms with E-state index in [4.69, 9.17) is 16.3 Å². The van der Waals surface area contributed by atoms with Crippen LogP contribution in [0.25, 0.3) is 0 Å². The van der Waals surface area contributed by atoms with Gasteiger partial charge < -0.3 is 4.74 Å². The highest BCUT2D eigenvalue weighted by Crippen LogP contribution is 2.57. The van der Waals surface area contributed by atoms with Gasteiger partial charge >= 0.3 is 0 Å². The highest BCUT2D eigenvalue weighted by atomic mass is 35.5. The molecule has 0 bridgehead atoms. The first-order valence-corrected chi connectivity index (χ1v) is 15.2. The van der Waals surface area contributed by atoms with Crippen molar-refractivity contribution in [1.29, 1.82) is 0 Å². The quantitative estimate of drug-likeness (QED) is 0.574. The summed E-state index contributed by atoms with van der Waals surface area (Å²) in [5.74, 6) is -3.33. The highest BCUT2D eigenvalue weighted by Gasteiger charge is 2.59. The van der Waals surface area contributed by atoms with Crippen molar-refractivity contribution >= 4 is 31.5 Å². The standard InChI is InChI=1S/C24H26ClF2NO5S2/c25-17-4-6-19(7-5-17)35(31,32)24-11-10-15(14-34(29,30)28-18-2-1-3-18)12-16(24)13-33-23-21(27)9-8-20(26)22(23)24/h4-9,15-16,18,28H,1-3,10-14H2/t15-,16-,24+/m1/s1. The molecule has 0 radical (unpaired) electrons. The molecule has 2 saturated carbocycles. The van der Waals surface area contributed by atoms with Crippen LogP contribution in [-0.4, -0.2) is 35.2 Å². The molecule has 3 aliphatic rings. The van der Waals surface area contributed by atoms with Crippen LogP contribution in [-0.2, 0) is 24.6 Å². The smallest absolute Gasteiger partial charge is 0.212 e. The molecule has 190 valence electrons. The number of hydrogen-bond donors (Lipinski definition) is 1. The number of rotatable bonds is 6. The van der Waals surface area contributed by atoms with E-state index in [1.165, 1.54) is 24.3 Å². The maximum Gasteiger partial charge on any atom is 0.212 e. The summed E-state index contributed by atoms with van der Waals surface area (Å²) >= 11 is 5.95. The average molecular weight is 546 g/mol. The second-order valence-electron chi connectivity index (χ2n) is 9.76. The second-order valence-corrected chi connectivity index (χ2v) is 14.2. The minimum Gasteiger partial charge on any atom is -0.490 e. The molecule has 2 aromatic carbocycles. The van der Waals surface area contributed by atoms with E-state index in [2.05, 4.69) is 4.72 Å². The summed E-state index contributed by atoms with van der Waals surface area (Å²) in [6, 6.07) is 7.37. The van der Waals surface area contributed by atoms with E-state index in [0.29, 0.717) is 5.02 Å². The molecule has 0 saturated heterocycles. The van der Waals surface area contributed by atoms with E-state index >= 15 is 4.39 Å². The van der Waals surface area contributed by atoms with E-state index in [9.17, 15) is 21.2 Å². The van der Waals surface area contributed by atoms with Gasteiger partial charge in [0.05, 0.1) is 22.8 Å². The Kier molecular flexibility index (Phi) is 6.39. The molecule has 1 heterocycles. The van der Waals surface area contributed by atoms with Crippen LogP contribution in [0.1, 0.15) is 44.1 Å². The first kappa shape index (κ1) is 24.9. The lowest BCUT2D eigenvalue weighted by atomic mass is 9.69. The number of hydrogen-bond acceptors (Lipinski definition) is 5. The Morgan fingerprint density at radius 1 is 1.00 bits per heavy atom. The minimum absolute atomic E-state index is 0.0464. The maximum atomic E-state index is 15.3. The first-order chi connectivity index (χ1) is 16.5. The predicted octanol–water partition coefficient (Wildman–Crippen LogP) is 4.57. The third-order valence-electron chi connectivity index (χ3n) is 7.62. The Morgan fingerprint density at radius 3 is 2.34 bits per heavy atom. The van der Waals surface area contributed by atoms with E-state index in [1.807, 2.05) is 0 Å². The van der Waals surface area contributed by atoms with Crippen molar-refractivity contribution in [3.05, 3.63) is 58.6 Å². The number of benzene rings is 2. The summed E-state index contributed by atoms with van der Waals surface area (Å²) in [5.41, 5.74) is -0.308. The summed E-state index contributed by atoms with van der Waals surface area (Å²) in [5, 5.41) is 0.343. The average Bonchev–Trinajstić information content (AvgIpc) is 2.78. The lowest BCUT2D eigenvalue weighted by molar-refractivity contribution is 0.103. The summed E-state index contributed by atoms with van der Waals surface area (Å²) in [6.07, 6.45) is 2.97. The number of nitrogens with one attached hydrogen (secondary N) is 1. The molecule has 0 unspecified atom stereocenters. The van der Waals surface area contributed by atoms with Crippen LogP contribution < -0.4 is 9.46 Å². The van der Waals surface area contributed by atoms with Gasteiger partial charge in [-0.05, 0) is 74.4 Å². The molecule has 35 heavy (non-hydrogen) atoms.